The molecule has 0 saturated carbocycles. The number of aryl methyl sites for hydroxylation is 2. The molecule has 3 aliphatic carbocycles. The summed E-state index contributed by atoms with van der Waals surface area (Å²) in [6.07, 6.45) is 0. The van der Waals surface area contributed by atoms with Crippen molar-refractivity contribution in [3.8, 4) is 0 Å². The summed E-state index contributed by atoms with van der Waals surface area (Å²) in [5.74, 6) is -4.06. The van der Waals surface area contributed by atoms with E-state index in [1.165, 1.54) is 6.07 Å². The molecule has 0 N–H and O–H groups in total. The molecular weight excluding hydrogens is 548 g/mol. The molecule has 0 radical (unpaired) electrons. The van der Waals surface area contributed by atoms with Gasteiger partial charge < -0.3 is 0 Å². The number of hydrogen-bond acceptors (Lipinski definition) is 4. The Labute approximate surface area is 248 Å². The number of hydrogen-bond donors (Lipinski definition) is 0. The van der Waals surface area contributed by atoms with E-state index in [1.54, 1.807) is 30.3 Å². The summed E-state index contributed by atoms with van der Waals surface area (Å²) in [4.78, 5) is 56.6. The maximum atomic E-state index is 14.4. The Balaban J connectivity index is 1.34. The van der Waals surface area contributed by atoms with Gasteiger partial charge in [-0.05, 0) is 65.4 Å². The summed E-state index contributed by atoms with van der Waals surface area (Å²) in [6, 6.07) is 27.6. The van der Waals surface area contributed by atoms with Crippen molar-refractivity contribution in [2.24, 2.45) is 11.8 Å². The second-order valence-electron chi connectivity index (χ2n) is 11.3. The van der Waals surface area contributed by atoms with Crippen molar-refractivity contribution in [2.45, 2.75) is 25.7 Å². The zero-order valence-electron chi connectivity index (χ0n) is 23.1. The summed E-state index contributed by atoms with van der Waals surface area (Å²) < 4.78 is 0. The number of carbonyl (C=O) groups is 4. The molecule has 0 aromatic heterocycles. The Hall–Kier alpha value is -4.55. The highest BCUT2D eigenvalue weighted by Gasteiger charge is 2.63. The molecule has 7 heteroatoms. The van der Waals surface area contributed by atoms with Gasteiger partial charge in [-0.1, -0.05) is 84.4 Å². The molecule has 1 saturated heterocycles. The third-order valence-corrected chi connectivity index (χ3v) is 9.46. The van der Waals surface area contributed by atoms with Gasteiger partial charge in [-0.2, -0.15) is 5.01 Å². The molecule has 4 aromatic rings. The average Bonchev–Trinajstić information content (AvgIpc) is 3.27. The summed E-state index contributed by atoms with van der Waals surface area (Å²) in [5, 5.41) is 2.12. The largest absolute Gasteiger partial charge is 0.292 e. The lowest BCUT2D eigenvalue weighted by atomic mass is 9.55. The number of imide groups is 1. The lowest BCUT2D eigenvalue weighted by molar-refractivity contribution is -0.154. The topological polar surface area (TPSA) is 74.8 Å². The Morgan fingerprint density at radius 1 is 0.714 bits per heavy atom. The van der Waals surface area contributed by atoms with Crippen LogP contribution in [0.5, 0.6) is 0 Å². The van der Waals surface area contributed by atoms with E-state index < -0.39 is 36.1 Å². The van der Waals surface area contributed by atoms with Crippen LogP contribution in [0.3, 0.4) is 0 Å². The standard InChI is InChI=1S/C35H27ClN2O4/c1-19-15-16-21(17-20(19)2)28(39)18-37(33(40)26-13-7-8-14-27(26)36)38-34(41)31-29-22-9-3-4-10-23(22)30(32(31)35(38)42)25-12-6-5-11-24(25)29/h3-17,29-32H,18H2,1-2H3/t29?,30?,31-,32-/m0/s1. The van der Waals surface area contributed by atoms with Gasteiger partial charge in [0.2, 0.25) is 0 Å². The van der Waals surface area contributed by atoms with E-state index in [2.05, 4.69) is 0 Å². The van der Waals surface area contributed by atoms with Gasteiger partial charge >= 0.3 is 0 Å². The molecule has 1 aliphatic heterocycles. The van der Waals surface area contributed by atoms with Crippen LogP contribution >= 0.6 is 11.6 Å². The first-order chi connectivity index (χ1) is 20.3. The molecule has 8 rings (SSSR count). The predicted octanol–water partition coefficient (Wildman–Crippen LogP) is 6.09. The van der Waals surface area contributed by atoms with Crippen molar-refractivity contribution in [3.63, 3.8) is 0 Å². The highest BCUT2D eigenvalue weighted by Crippen LogP contribution is 2.61. The van der Waals surface area contributed by atoms with E-state index in [1.807, 2.05) is 68.4 Å². The number of carbonyl (C=O) groups excluding carboxylic acids is 4. The van der Waals surface area contributed by atoms with Gasteiger partial charge in [0.05, 0.1) is 22.4 Å². The highest BCUT2D eigenvalue weighted by atomic mass is 35.5. The molecule has 1 fully saturated rings. The molecule has 208 valence electrons. The van der Waals surface area contributed by atoms with E-state index in [0.29, 0.717) is 5.56 Å². The fourth-order valence-corrected chi connectivity index (χ4v) is 7.27. The van der Waals surface area contributed by atoms with Crippen LogP contribution in [0.1, 0.15) is 65.9 Å². The molecule has 2 bridgehead atoms. The molecule has 4 aliphatic rings. The quantitative estimate of drug-likeness (QED) is 0.214. The SMILES string of the molecule is Cc1ccc(C(=O)CN(C(=O)c2ccccc2Cl)N2C(=O)[C@H]3C4c5ccccc5C(c5ccccc54)[C@@H]3C2=O)cc1C. The fraction of sp³-hybridized carbons (Fsp3) is 0.200. The van der Waals surface area contributed by atoms with Crippen LogP contribution in [0.2, 0.25) is 5.02 Å². The molecule has 4 aromatic carbocycles. The number of Topliss-reactive ketones (excluding diaryl/α,β-unsaturated/α-hetero) is 1. The summed E-state index contributed by atoms with van der Waals surface area (Å²) >= 11 is 6.41. The Kier molecular flexibility index (Phi) is 6.13. The van der Waals surface area contributed by atoms with Crippen LogP contribution in [-0.2, 0) is 9.59 Å². The van der Waals surface area contributed by atoms with Gasteiger partial charge in [0.1, 0.15) is 6.54 Å². The van der Waals surface area contributed by atoms with Gasteiger partial charge in [0.15, 0.2) is 5.78 Å². The zero-order chi connectivity index (χ0) is 29.3. The lowest BCUT2D eigenvalue weighted by Gasteiger charge is -2.45. The zero-order valence-corrected chi connectivity index (χ0v) is 23.8. The molecule has 3 amide bonds. The minimum atomic E-state index is -0.689. The maximum absolute atomic E-state index is 14.4. The predicted molar refractivity (Wildman–Crippen MR) is 158 cm³/mol. The van der Waals surface area contributed by atoms with Crippen molar-refractivity contribution in [1.82, 2.24) is 10.0 Å². The summed E-state index contributed by atoms with van der Waals surface area (Å²) in [6.45, 7) is 3.37. The second-order valence-corrected chi connectivity index (χ2v) is 11.7. The fourth-order valence-electron chi connectivity index (χ4n) is 7.05. The van der Waals surface area contributed by atoms with Gasteiger partial charge in [0.25, 0.3) is 17.7 Å². The molecule has 42 heavy (non-hydrogen) atoms. The van der Waals surface area contributed by atoms with E-state index in [-0.39, 0.29) is 28.2 Å². The number of ketones is 1. The Morgan fingerprint density at radius 2 is 1.21 bits per heavy atom. The number of nitrogens with zero attached hydrogens (tertiary/aromatic N) is 2. The summed E-state index contributed by atoms with van der Waals surface area (Å²) in [7, 11) is 0. The van der Waals surface area contributed by atoms with Crippen LogP contribution < -0.4 is 0 Å². The minimum absolute atomic E-state index is 0.108. The minimum Gasteiger partial charge on any atom is -0.292 e. The van der Waals surface area contributed by atoms with E-state index in [9.17, 15) is 19.2 Å². The third kappa shape index (κ3) is 3.78. The highest BCUT2D eigenvalue weighted by molar-refractivity contribution is 6.34. The van der Waals surface area contributed by atoms with Crippen molar-refractivity contribution in [3.05, 3.63) is 141 Å². The first kappa shape index (κ1) is 26.4. The lowest BCUT2D eigenvalue weighted by Crippen LogP contribution is -2.52. The average molecular weight is 575 g/mol. The normalized spacial score (nSPS) is 21.5. The van der Waals surface area contributed by atoms with Crippen LogP contribution in [0.25, 0.3) is 0 Å². The number of benzene rings is 4. The van der Waals surface area contributed by atoms with Crippen molar-refractivity contribution >= 4 is 35.1 Å². The summed E-state index contributed by atoms with van der Waals surface area (Å²) in [5.41, 5.74) is 6.57. The van der Waals surface area contributed by atoms with Gasteiger partial charge in [-0.3, -0.25) is 19.2 Å². The van der Waals surface area contributed by atoms with Crippen LogP contribution in [0, 0.1) is 25.7 Å². The second kappa shape index (κ2) is 9.78. The number of amides is 3. The van der Waals surface area contributed by atoms with Gasteiger partial charge in [-0.25, -0.2) is 5.01 Å². The van der Waals surface area contributed by atoms with E-state index >= 15 is 0 Å². The van der Waals surface area contributed by atoms with Crippen molar-refractivity contribution < 1.29 is 19.2 Å². The molecule has 1 heterocycles. The third-order valence-electron chi connectivity index (χ3n) is 9.13. The Morgan fingerprint density at radius 3 is 1.71 bits per heavy atom. The number of rotatable bonds is 5. The molecule has 0 unspecified atom stereocenters. The van der Waals surface area contributed by atoms with Crippen LogP contribution in [-0.4, -0.2) is 40.1 Å². The molecule has 6 nitrogen and oxygen atoms in total. The number of halogens is 1. The number of hydrazine groups is 1. The maximum Gasteiger partial charge on any atom is 0.274 e. The van der Waals surface area contributed by atoms with Crippen molar-refractivity contribution in [1.29, 1.82) is 0 Å². The molecule has 2 atom stereocenters. The van der Waals surface area contributed by atoms with Crippen LogP contribution in [0.4, 0.5) is 0 Å². The van der Waals surface area contributed by atoms with Crippen molar-refractivity contribution in [2.75, 3.05) is 6.54 Å². The smallest absolute Gasteiger partial charge is 0.274 e. The first-order valence-electron chi connectivity index (χ1n) is 14.0. The van der Waals surface area contributed by atoms with E-state index in [0.717, 1.165) is 43.4 Å². The van der Waals surface area contributed by atoms with Gasteiger partial charge in [-0.15, -0.1) is 0 Å². The van der Waals surface area contributed by atoms with E-state index in [4.69, 9.17) is 11.6 Å². The Bertz CT molecular complexity index is 1720. The monoisotopic (exact) mass is 574 g/mol. The van der Waals surface area contributed by atoms with Crippen LogP contribution in [0.15, 0.2) is 91.0 Å². The molecular formula is C35H27ClN2O4. The molecule has 0 spiro atoms. The van der Waals surface area contributed by atoms with Gasteiger partial charge in [0, 0.05) is 17.4 Å². The first-order valence-corrected chi connectivity index (χ1v) is 14.4.